The molecular weight excluding hydrogens is 274 g/mol. The first kappa shape index (κ1) is 15.3. The standard InChI is InChI=1S/C12H16ClNO3S/c1-16-6-7-17-14-12(15)9-18-8-10-2-4-11(13)5-3-10/h2-5H,6-9H2,1H3,(H,14,15). The summed E-state index contributed by atoms with van der Waals surface area (Å²) >= 11 is 7.30. The molecule has 0 unspecified atom stereocenters. The summed E-state index contributed by atoms with van der Waals surface area (Å²) < 4.78 is 4.78. The number of ether oxygens (including phenoxy) is 1. The molecule has 18 heavy (non-hydrogen) atoms. The highest BCUT2D eigenvalue weighted by atomic mass is 35.5. The zero-order valence-corrected chi connectivity index (χ0v) is 11.7. The Bertz CT molecular complexity index is 359. The maximum Gasteiger partial charge on any atom is 0.253 e. The second kappa shape index (κ2) is 9.22. The zero-order valence-electron chi connectivity index (χ0n) is 10.1. The van der Waals surface area contributed by atoms with Crippen molar-refractivity contribution in [3.63, 3.8) is 0 Å². The predicted octanol–water partition coefficient (Wildman–Crippen LogP) is 2.27. The summed E-state index contributed by atoms with van der Waals surface area (Å²) in [6.07, 6.45) is 0. The van der Waals surface area contributed by atoms with Gasteiger partial charge in [-0.1, -0.05) is 23.7 Å². The Morgan fingerprint density at radius 3 is 2.72 bits per heavy atom. The number of hydroxylamine groups is 1. The Kier molecular flexibility index (Phi) is 7.84. The van der Waals surface area contributed by atoms with Gasteiger partial charge in [0, 0.05) is 17.9 Å². The van der Waals surface area contributed by atoms with Crippen LogP contribution in [0.4, 0.5) is 0 Å². The summed E-state index contributed by atoms with van der Waals surface area (Å²) in [5.74, 6) is 0.975. The monoisotopic (exact) mass is 289 g/mol. The molecule has 0 radical (unpaired) electrons. The molecule has 0 saturated carbocycles. The number of thioether (sulfide) groups is 1. The maximum absolute atomic E-state index is 11.3. The smallest absolute Gasteiger partial charge is 0.253 e. The van der Waals surface area contributed by atoms with Crippen LogP contribution in [0.5, 0.6) is 0 Å². The highest BCUT2D eigenvalue weighted by Crippen LogP contribution is 2.15. The van der Waals surface area contributed by atoms with Crippen LogP contribution in [0.15, 0.2) is 24.3 Å². The average Bonchev–Trinajstić information content (AvgIpc) is 2.37. The Labute approximate surface area is 116 Å². The van der Waals surface area contributed by atoms with E-state index < -0.39 is 0 Å². The highest BCUT2D eigenvalue weighted by Gasteiger charge is 2.01. The van der Waals surface area contributed by atoms with Gasteiger partial charge in [-0.15, -0.1) is 11.8 Å². The molecule has 6 heteroatoms. The Morgan fingerprint density at radius 2 is 2.06 bits per heavy atom. The van der Waals surface area contributed by atoms with Crippen molar-refractivity contribution in [3.8, 4) is 0 Å². The van der Waals surface area contributed by atoms with E-state index in [0.29, 0.717) is 24.0 Å². The van der Waals surface area contributed by atoms with Crippen molar-refractivity contribution in [2.24, 2.45) is 0 Å². The van der Waals surface area contributed by atoms with E-state index in [1.165, 1.54) is 11.8 Å². The van der Waals surface area contributed by atoms with Crippen LogP contribution in [0.2, 0.25) is 5.02 Å². The first-order valence-corrected chi connectivity index (χ1v) is 6.97. The number of methoxy groups -OCH3 is 1. The summed E-state index contributed by atoms with van der Waals surface area (Å²) in [4.78, 5) is 16.2. The van der Waals surface area contributed by atoms with E-state index in [1.54, 1.807) is 7.11 Å². The number of nitrogens with one attached hydrogen (secondary N) is 1. The van der Waals surface area contributed by atoms with Gasteiger partial charge in [0.15, 0.2) is 0 Å². The molecule has 0 aromatic heterocycles. The molecule has 0 aliphatic rings. The fourth-order valence-electron chi connectivity index (χ4n) is 1.13. The lowest BCUT2D eigenvalue weighted by Gasteiger charge is -2.05. The molecule has 0 spiro atoms. The first-order valence-electron chi connectivity index (χ1n) is 5.44. The summed E-state index contributed by atoms with van der Waals surface area (Å²) in [6.45, 7) is 0.808. The topological polar surface area (TPSA) is 47.6 Å². The molecule has 1 aromatic carbocycles. The minimum Gasteiger partial charge on any atom is -0.382 e. The van der Waals surface area contributed by atoms with Gasteiger partial charge < -0.3 is 4.74 Å². The predicted molar refractivity (Wildman–Crippen MR) is 73.6 cm³/mol. The van der Waals surface area contributed by atoms with Gasteiger partial charge in [0.25, 0.3) is 5.91 Å². The number of hydrogen-bond acceptors (Lipinski definition) is 4. The Balaban J connectivity index is 2.10. The van der Waals surface area contributed by atoms with Gasteiger partial charge in [0.2, 0.25) is 0 Å². The molecule has 0 saturated heterocycles. The minimum atomic E-state index is -0.148. The number of amides is 1. The van der Waals surface area contributed by atoms with Crippen LogP contribution in [0.3, 0.4) is 0 Å². The molecule has 4 nitrogen and oxygen atoms in total. The van der Waals surface area contributed by atoms with Crippen molar-refractivity contribution in [1.82, 2.24) is 5.48 Å². The molecule has 0 atom stereocenters. The summed E-state index contributed by atoms with van der Waals surface area (Å²) in [6, 6.07) is 7.57. The molecular formula is C12H16ClNO3S. The van der Waals surface area contributed by atoms with E-state index >= 15 is 0 Å². The van der Waals surface area contributed by atoms with Crippen molar-refractivity contribution >= 4 is 29.3 Å². The van der Waals surface area contributed by atoms with Crippen molar-refractivity contribution in [2.45, 2.75) is 5.75 Å². The van der Waals surface area contributed by atoms with Crippen molar-refractivity contribution in [2.75, 3.05) is 26.1 Å². The van der Waals surface area contributed by atoms with Gasteiger partial charge in [0.05, 0.1) is 19.0 Å². The van der Waals surface area contributed by atoms with E-state index in [9.17, 15) is 4.79 Å². The van der Waals surface area contributed by atoms with Gasteiger partial charge >= 0.3 is 0 Å². The summed E-state index contributed by atoms with van der Waals surface area (Å²) in [5, 5.41) is 0.716. The largest absolute Gasteiger partial charge is 0.382 e. The number of benzene rings is 1. The zero-order chi connectivity index (χ0) is 13.2. The molecule has 100 valence electrons. The van der Waals surface area contributed by atoms with Crippen LogP contribution >= 0.6 is 23.4 Å². The first-order chi connectivity index (χ1) is 8.72. The molecule has 1 aromatic rings. The maximum atomic E-state index is 11.3. The number of carbonyl (C=O) groups excluding carboxylic acids is 1. The molecule has 0 bridgehead atoms. The van der Waals surface area contributed by atoms with Gasteiger partial charge in [-0.3, -0.25) is 9.63 Å². The van der Waals surface area contributed by atoms with Crippen LogP contribution < -0.4 is 5.48 Å². The molecule has 1 rings (SSSR count). The van der Waals surface area contributed by atoms with Gasteiger partial charge in [0.1, 0.15) is 0 Å². The SMILES string of the molecule is COCCONC(=O)CSCc1ccc(Cl)cc1. The van der Waals surface area contributed by atoms with Crippen LogP contribution in [-0.2, 0) is 20.1 Å². The molecule has 0 fully saturated rings. The summed E-state index contributed by atoms with van der Waals surface area (Å²) in [5.41, 5.74) is 3.49. The van der Waals surface area contributed by atoms with E-state index in [2.05, 4.69) is 5.48 Å². The average molecular weight is 290 g/mol. The number of rotatable bonds is 8. The second-order valence-corrected chi connectivity index (χ2v) is 4.91. The van der Waals surface area contributed by atoms with Crippen LogP contribution in [0.1, 0.15) is 5.56 Å². The van der Waals surface area contributed by atoms with Crippen molar-refractivity contribution in [3.05, 3.63) is 34.9 Å². The Morgan fingerprint density at radius 1 is 1.33 bits per heavy atom. The molecule has 0 aliphatic heterocycles. The highest BCUT2D eigenvalue weighted by molar-refractivity contribution is 7.99. The van der Waals surface area contributed by atoms with Crippen LogP contribution in [-0.4, -0.2) is 32.0 Å². The van der Waals surface area contributed by atoms with Crippen LogP contribution in [0, 0.1) is 0 Å². The number of hydrogen-bond donors (Lipinski definition) is 1. The molecule has 1 N–H and O–H groups in total. The van der Waals surface area contributed by atoms with E-state index in [4.69, 9.17) is 21.2 Å². The summed E-state index contributed by atoms with van der Waals surface area (Å²) in [7, 11) is 1.58. The van der Waals surface area contributed by atoms with Gasteiger partial charge in [-0.05, 0) is 17.7 Å². The third kappa shape index (κ3) is 6.86. The Hall–Kier alpha value is -0.750. The van der Waals surface area contributed by atoms with Gasteiger partial charge in [-0.2, -0.15) is 0 Å². The molecule has 0 heterocycles. The minimum absolute atomic E-state index is 0.148. The third-order valence-electron chi connectivity index (χ3n) is 1.99. The number of carbonyl (C=O) groups is 1. The van der Waals surface area contributed by atoms with Crippen LogP contribution in [0.25, 0.3) is 0 Å². The fourth-order valence-corrected chi connectivity index (χ4v) is 2.03. The molecule has 0 aliphatic carbocycles. The van der Waals surface area contributed by atoms with Gasteiger partial charge in [-0.25, -0.2) is 5.48 Å². The quantitative estimate of drug-likeness (QED) is 0.589. The normalized spacial score (nSPS) is 10.3. The van der Waals surface area contributed by atoms with Crippen molar-refractivity contribution < 1.29 is 14.4 Å². The third-order valence-corrected chi connectivity index (χ3v) is 3.25. The fraction of sp³-hybridized carbons (Fsp3) is 0.417. The molecule has 1 amide bonds. The van der Waals surface area contributed by atoms with E-state index in [0.717, 1.165) is 11.3 Å². The van der Waals surface area contributed by atoms with E-state index in [-0.39, 0.29) is 5.91 Å². The number of halogens is 1. The second-order valence-electron chi connectivity index (χ2n) is 3.49. The lowest BCUT2D eigenvalue weighted by atomic mass is 10.2. The van der Waals surface area contributed by atoms with Crippen molar-refractivity contribution in [1.29, 1.82) is 0 Å². The lowest BCUT2D eigenvalue weighted by Crippen LogP contribution is -2.27. The van der Waals surface area contributed by atoms with E-state index in [1.807, 2.05) is 24.3 Å². The lowest BCUT2D eigenvalue weighted by molar-refractivity contribution is -0.131.